The number of ether oxygens (including phenoxy) is 1. The van der Waals surface area contributed by atoms with Crippen molar-refractivity contribution >= 4 is 10.0 Å². The Balaban J connectivity index is 2.25. The average molecular weight is 280 g/mol. The van der Waals surface area contributed by atoms with Gasteiger partial charge >= 0.3 is 0 Å². The number of nitrogens with zero attached hydrogens (tertiary/aromatic N) is 3. The number of nitrogens with two attached hydrogens (primary N) is 1. The predicted octanol–water partition coefficient (Wildman–Crippen LogP) is -3.46. The largest absolute Gasteiger partial charge is 0.394 e. The quantitative estimate of drug-likeness (QED) is 0.444. The third kappa shape index (κ3) is 2.23. The van der Waals surface area contributed by atoms with Crippen LogP contribution in [0.15, 0.2) is 11.5 Å². The van der Waals surface area contributed by atoms with Crippen LogP contribution < -0.4 is 5.14 Å². The van der Waals surface area contributed by atoms with Gasteiger partial charge in [-0.3, -0.25) is 0 Å². The third-order valence-electron chi connectivity index (χ3n) is 2.52. The molecule has 2 rings (SSSR count). The van der Waals surface area contributed by atoms with E-state index in [9.17, 15) is 18.6 Å². The molecule has 18 heavy (non-hydrogen) atoms. The van der Waals surface area contributed by atoms with E-state index >= 15 is 0 Å². The lowest BCUT2D eigenvalue weighted by Crippen LogP contribution is -2.33. The van der Waals surface area contributed by atoms with Crippen LogP contribution in [0.25, 0.3) is 0 Å². The smallest absolute Gasteiger partial charge is 0.282 e. The van der Waals surface area contributed by atoms with Crippen LogP contribution in [0.4, 0.5) is 0 Å². The molecule has 2 heterocycles. The number of sulfonamides is 1. The molecule has 0 saturated carbocycles. The average Bonchev–Trinajstić information content (AvgIpc) is 2.86. The second-order valence-electron chi connectivity index (χ2n) is 3.78. The second kappa shape index (κ2) is 4.53. The summed E-state index contributed by atoms with van der Waals surface area (Å²) < 4.78 is 28.0. The maximum absolute atomic E-state index is 11.0. The van der Waals surface area contributed by atoms with E-state index in [-0.39, 0.29) is 0 Å². The van der Waals surface area contributed by atoms with Gasteiger partial charge in [0.2, 0.25) is 0 Å². The Labute approximate surface area is 102 Å². The zero-order valence-corrected chi connectivity index (χ0v) is 9.80. The highest BCUT2D eigenvalue weighted by atomic mass is 32.2. The summed E-state index contributed by atoms with van der Waals surface area (Å²) >= 11 is 0. The van der Waals surface area contributed by atoms with Crippen molar-refractivity contribution in [2.45, 2.75) is 29.7 Å². The van der Waals surface area contributed by atoms with Crippen LogP contribution in [-0.2, 0) is 14.8 Å². The summed E-state index contributed by atoms with van der Waals surface area (Å²) in [6.45, 7) is -0.495. The molecule has 5 N–H and O–H groups in total. The van der Waals surface area contributed by atoms with E-state index < -0.39 is 46.3 Å². The highest BCUT2D eigenvalue weighted by molar-refractivity contribution is 7.89. The maximum Gasteiger partial charge on any atom is 0.282 e. The fraction of sp³-hybridized carbons (Fsp3) is 0.714. The summed E-state index contributed by atoms with van der Waals surface area (Å²) in [5.74, 6) is 0. The third-order valence-corrected chi connectivity index (χ3v) is 3.22. The first-order valence-corrected chi connectivity index (χ1v) is 6.45. The lowest BCUT2D eigenvalue weighted by atomic mass is 10.1. The van der Waals surface area contributed by atoms with Gasteiger partial charge in [-0.15, -0.1) is 5.10 Å². The molecule has 1 saturated heterocycles. The van der Waals surface area contributed by atoms with Crippen molar-refractivity contribution in [3.05, 3.63) is 6.33 Å². The number of hydrogen-bond acceptors (Lipinski definition) is 8. The zero-order valence-electron chi connectivity index (χ0n) is 8.99. The van der Waals surface area contributed by atoms with Crippen LogP contribution in [0.3, 0.4) is 0 Å². The summed E-state index contributed by atoms with van der Waals surface area (Å²) in [4.78, 5) is 3.45. The topological polar surface area (TPSA) is 161 Å². The number of hydrogen-bond donors (Lipinski definition) is 4. The van der Waals surface area contributed by atoms with Crippen LogP contribution in [0, 0.1) is 0 Å². The minimum atomic E-state index is -4.05. The molecule has 4 atom stereocenters. The Kier molecular flexibility index (Phi) is 3.35. The van der Waals surface area contributed by atoms with Crippen molar-refractivity contribution < 1.29 is 28.5 Å². The molecule has 0 aromatic carbocycles. The van der Waals surface area contributed by atoms with Gasteiger partial charge in [-0.1, -0.05) is 0 Å². The van der Waals surface area contributed by atoms with Gasteiger partial charge in [-0.05, 0) is 0 Å². The van der Waals surface area contributed by atoms with E-state index in [4.69, 9.17) is 15.0 Å². The first kappa shape index (κ1) is 13.3. The van der Waals surface area contributed by atoms with Crippen molar-refractivity contribution in [1.82, 2.24) is 14.8 Å². The SMILES string of the molecule is NS(=O)(=O)c1ncn([C@@H]2O[C@H](CO)[C@@H](O)[C@@H]2O)n1. The molecule has 102 valence electrons. The molecule has 0 spiro atoms. The lowest BCUT2D eigenvalue weighted by molar-refractivity contribution is -0.0592. The van der Waals surface area contributed by atoms with Crippen molar-refractivity contribution in [2.24, 2.45) is 5.14 Å². The number of primary sulfonamides is 1. The van der Waals surface area contributed by atoms with Crippen LogP contribution in [0.2, 0.25) is 0 Å². The summed E-state index contributed by atoms with van der Waals surface area (Å²) in [5.41, 5.74) is 0. The molecule has 0 bridgehead atoms. The van der Waals surface area contributed by atoms with Gasteiger partial charge < -0.3 is 20.1 Å². The van der Waals surface area contributed by atoms with Gasteiger partial charge in [0.1, 0.15) is 24.6 Å². The minimum absolute atomic E-state index is 0.495. The van der Waals surface area contributed by atoms with Gasteiger partial charge in [0.25, 0.3) is 15.2 Å². The fourth-order valence-electron chi connectivity index (χ4n) is 1.61. The number of aliphatic hydroxyl groups is 3. The molecule has 0 aliphatic carbocycles. The van der Waals surface area contributed by atoms with Gasteiger partial charge in [0.05, 0.1) is 6.61 Å². The lowest BCUT2D eigenvalue weighted by Gasteiger charge is -2.13. The molecule has 10 nitrogen and oxygen atoms in total. The Morgan fingerprint density at radius 1 is 1.44 bits per heavy atom. The first-order chi connectivity index (χ1) is 8.34. The van der Waals surface area contributed by atoms with E-state index in [1.54, 1.807) is 0 Å². The minimum Gasteiger partial charge on any atom is -0.394 e. The molecule has 1 aromatic heterocycles. The van der Waals surface area contributed by atoms with Crippen LogP contribution in [0.1, 0.15) is 6.23 Å². The van der Waals surface area contributed by atoms with E-state index in [1.807, 2.05) is 0 Å². The second-order valence-corrected chi connectivity index (χ2v) is 5.24. The number of aliphatic hydroxyl groups excluding tert-OH is 3. The Morgan fingerprint density at radius 2 is 2.11 bits per heavy atom. The Hall–Kier alpha value is -1.11. The molecule has 1 fully saturated rings. The summed E-state index contributed by atoms with van der Waals surface area (Å²) in [5, 5.41) is 35.8. The van der Waals surface area contributed by atoms with Crippen molar-refractivity contribution in [2.75, 3.05) is 6.61 Å². The zero-order chi connectivity index (χ0) is 13.5. The van der Waals surface area contributed by atoms with Crippen LogP contribution in [-0.4, -0.2) is 63.4 Å². The molecular weight excluding hydrogens is 268 g/mol. The Morgan fingerprint density at radius 3 is 2.56 bits per heavy atom. The van der Waals surface area contributed by atoms with E-state index in [2.05, 4.69) is 10.1 Å². The van der Waals surface area contributed by atoms with Crippen LogP contribution >= 0.6 is 0 Å². The van der Waals surface area contributed by atoms with Crippen LogP contribution in [0.5, 0.6) is 0 Å². The van der Waals surface area contributed by atoms with Gasteiger partial charge in [-0.2, -0.15) is 0 Å². The van der Waals surface area contributed by atoms with Crippen molar-refractivity contribution in [3.8, 4) is 0 Å². The van der Waals surface area contributed by atoms with Crippen molar-refractivity contribution in [3.63, 3.8) is 0 Å². The molecular formula is C7H12N4O6S. The fourth-order valence-corrected chi connectivity index (χ4v) is 2.01. The molecule has 0 radical (unpaired) electrons. The molecule has 11 heteroatoms. The molecule has 1 aliphatic rings. The highest BCUT2D eigenvalue weighted by Crippen LogP contribution is 2.28. The highest BCUT2D eigenvalue weighted by Gasteiger charge is 2.44. The van der Waals surface area contributed by atoms with E-state index in [1.165, 1.54) is 0 Å². The monoisotopic (exact) mass is 280 g/mol. The molecule has 0 unspecified atom stereocenters. The standard InChI is InChI=1S/C7H12N4O6S/c8-18(15,16)7-9-2-11(10-7)6-5(14)4(13)3(1-12)17-6/h2-6,12-14H,1H2,(H2,8,15,16)/t3-,4-,5+,6-/m1/s1. The van der Waals surface area contributed by atoms with E-state index in [0.29, 0.717) is 0 Å². The maximum atomic E-state index is 11.0. The molecule has 0 amide bonds. The van der Waals surface area contributed by atoms with Gasteiger partial charge in [0, 0.05) is 0 Å². The molecule has 1 aromatic rings. The van der Waals surface area contributed by atoms with Crippen molar-refractivity contribution in [1.29, 1.82) is 0 Å². The van der Waals surface area contributed by atoms with Gasteiger partial charge in [0.15, 0.2) is 6.23 Å². The summed E-state index contributed by atoms with van der Waals surface area (Å²) in [6.07, 6.45) is -3.79. The number of rotatable bonds is 3. The predicted molar refractivity (Wildman–Crippen MR) is 54.4 cm³/mol. The molecule has 1 aliphatic heterocycles. The normalized spacial score (nSPS) is 32.9. The van der Waals surface area contributed by atoms with E-state index in [0.717, 1.165) is 11.0 Å². The summed E-state index contributed by atoms with van der Waals surface area (Å²) in [6, 6.07) is 0. The Bertz CT molecular complexity index is 530. The number of aromatic nitrogens is 3. The summed E-state index contributed by atoms with van der Waals surface area (Å²) in [7, 11) is -4.05. The first-order valence-electron chi connectivity index (χ1n) is 4.91. The van der Waals surface area contributed by atoms with Gasteiger partial charge in [-0.25, -0.2) is 23.2 Å².